The van der Waals surface area contributed by atoms with E-state index in [1.165, 1.54) is 4.90 Å². The van der Waals surface area contributed by atoms with Gasteiger partial charge in [-0.05, 0) is 12.8 Å². The van der Waals surface area contributed by atoms with Gasteiger partial charge in [0, 0.05) is 13.0 Å². The van der Waals surface area contributed by atoms with Gasteiger partial charge < -0.3 is 13.9 Å². The summed E-state index contributed by atoms with van der Waals surface area (Å²) in [6, 6.07) is -1.58. The van der Waals surface area contributed by atoms with E-state index in [1.54, 1.807) is 0 Å². The van der Waals surface area contributed by atoms with Gasteiger partial charge in [0.15, 0.2) is 0 Å². The number of carbonyl (C=O) groups is 1. The van der Waals surface area contributed by atoms with E-state index in [4.69, 9.17) is 4.42 Å². The summed E-state index contributed by atoms with van der Waals surface area (Å²) in [6.45, 7) is 2.12. The van der Waals surface area contributed by atoms with Gasteiger partial charge in [-0.1, -0.05) is 6.92 Å². The summed E-state index contributed by atoms with van der Waals surface area (Å²) < 4.78 is 41.7. The zero-order chi connectivity index (χ0) is 15.2. The van der Waals surface area contributed by atoms with E-state index < -0.39 is 28.5 Å². The molecule has 2 atom stereocenters. The van der Waals surface area contributed by atoms with Crippen LogP contribution >= 0.6 is 0 Å². The predicted molar refractivity (Wildman–Crippen MR) is 64.2 cm³/mol. The van der Waals surface area contributed by atoms with E-state index in [0.29, 0.717) is 36.1 Å². The number of aromatic nitrogens is 2. The van der Waals surface area contributed by atoms with Crippen LogP contribution in [0, 0.1) is 0 Å². The van der Waals surface area contributed by atoms with E-state index in [-0.39, 0.29) is 36.1 Å². The van der Waals surface area contributed by atoms with Crippen molar-refractivity contribution in [2.24, 2.45) is 0 Å². The molecule has 0 N–H and O–H groups in total. The van der Waals surface area contributed by atoms with Crippen molar-refractivity contribution in [1.82, 2.24) is 20.2 Å². The van der Waals surface area contributed by atoms with Crippen LogP contribution in [0.3, 0.4) is 0 Å². The number of fused-ring (bicyclic) bond motifs is 2. The van der Waals surface area contributed by atoms with Crippen LogP contribution in [-0.4, -0.2) is 51.7 Å². The summed E-state index contributed by atoms with van der Waals surface area (Å²) in [7, 11) is -4.98. The van der Waals surface area contributed by atoms with Crippen molar-refractivity contribution in [3.05, 3.63) is 11.8 Å². The SMILES string of the molecule is CCc1nnc([C@@H]2CC[C@@H]3CN2C(=O)N3OS(=O)(=O)[O-])o1.[Na+]. The van der Waals surface area contributed by atoms with Gasteiger partial charge in [0.2, 0.25) is 22.2 Å². The van der Waals surface area contributed by atoms with E-state index in [0.717, 1.165) is 0 Å². The molecule has 1 aromatic rings. The molecule has 3 heterocycles. The van der Waals surface area contributed by atoms with Crippen molar-refractivity contribution >= 4 is 16.4 Å². The fraction of sp³-hybridized carbons (Fsp3) is 0.700. The standard InChI is InChI=1S/C10H14N4O6S.Na/c1-2-8-11-12-9(19-8)7-4-3-6-5-13(7)10(15)14(6)20-21(16,17)18;/h6-7H,2-5H2,1H3,(H,16,17,18);/q;+1/p-1/t6-,7+;/m1./s1. The number of rotatable bonds is 4. The molecular weight excluding hydrogens is 327 g/mol. The largest absolute Gasteiger partial charge is 1.00 e. The van der Waals surface area contributed by atoms with Crippen LogP contribution in [0.2, 0.25) is 0 Å². The quantitative estimate of drug-likeness (QED) is 0.321. The Kier molecular flexibility index (Phi) is 5.14. The Bertz CT molecular complexity index is 664. The van der Waals surface area contributed by atoms with Crippen LogP contribution in [0.1, 0.15) is 37.6 Å². The minimum atomic E-state index is -4.98. The normalized spacial score (nSPS) is 24.5. The van der Waals surface area contributed by atoms with Crippen molar-refractivity contribution < 1.29 is 56.0 Å². The van der Waals surface area contributed by atoms with Gasteiger partial charge in [-0.25, -0.2) is 13.2 Å². The van der Waals surface area contributed by atoms with E-state index in [1.807, 2.05) is 6.92 Å². The molecule has 116 valence electrons. The van der Waals surface area contributed by atoms with Crippen LogP contribution in [0.5, 0.6) is 0 Å². The first-order valence-corrected chi connectivity index (χ1v) is 7.80. The molecule has 0 spiro atoms. The maximum atomic E-state index is 12.2. The van der Waals surface area contributed by atoms with Crippen LogP contribution in [-0.2, 0) is 21.1 Å². The van der Waals surface area contributed by atoms with Crippen molar-refractivity contribution in [3.63, 3.8) is 0 Å². The molecule has 2 bridgehead atoms. The first-order chi connectivity index (χ1) is 9.89. The Hall–Kier alpha value is -0.720. The minimum absolute atomic E-state index is 0. The van der Waals surface area contributed by atoms with Gasteiger partial charge >= 0.3 is 35.6 Å². The Morgan fingerprint density at radius 2 is 2.14 bits per heavy atom. The molecule has 1 aromatic heterocycles. The molecule has 2 aliphatic rings. The molecule has 2 aliphatic heterocycles. The molecule has 0 unspecified atom stereocenters. The summed E-state index contributed by atoms with van der Waals surface area (Å²) in [5, 5.41) is 8.39. The number of urea groups is 1. The Balaban J connectivity index is 0.00000176. The summed E-state index contributed by atoms with van der Waals surface area (Å²) in [4.78, 5) is 13.5. The van der Waals surface area contributed by atoms with Gasteiger partial charge in [0.25, 0.3) is 0 Å². The minimum Gasteiger partial charge on any atom is -0.724 e. The smallest absolute Gasteiger partial charge is 0.724 e. The van der Waals surface area contributed by atoms with Gasteiger partial charge in [0.05, 0.1) is 6.04 Å². The molecule has 2 saturated heterocycles. The zero-order valence-electron chi connectivity index (χ0n) is 12.1. The van der Waals surface area contributed by atoms with Crippen molar-refractivity contribution in [1.29, 1.82) is 0 Å². The van der Waals surface area contributed by atoms with Crippen LogP contribution in [0.25, 0.3) is 0 Å². The number of hydrogen-bond acceptors (Lipinski definition) is 8. The Morgan fingerprint density at radius 3 is 2.73 bits per heavy atom. The fourth-order valence-electron chi connectivity index (χ4n) is 2.63. The molecule has 12 heteroatoms. The maximum Gasteiger partial charge on any atom is 1.00 e. The Morgan fingerprint density at radius 1 is 1.41 bits per heavy atom. The topological polar surface area (TPSA) is 129 Å². The number of nitrogens with zero attached hydrogens (tertiary/aromatic N) is 4. The molecule has 22 heavy (non-hydrogen) atoms. The van der Waals surface area contributed by atoms with E-state index in [2.05, 4.69) is 14.5 Å². The zero-order valence-corrected chi connectivity index (χ0v) is 14.9. The monoisotopic (exact) mass is 340 g/mol. The molecule has 10 nitrogen and oxygen atoms in total. The number of carbonyl (C=O) groups excluding carboxylic acids is 1. The van der Waals surface area contributed by atoms with Crippen molar-refractivity contribution in [2.75, 3.05) is 6.54 Å². The maximum absolute atomic E-state index is 12.2. The summed E-state index contributed by atoms with van der Waals surface area (Å²) in [5.74, 6) is 0.777. The molecular formula is C10H13N4NaO6S. The predicted octanol–water partition coefficient (Wildman–Crippen LogP) is -3.03. The number of hydrogen-bond donors (Lipinski definition) is 0. The fourth-order valence-corrected chi connectivity index (χ4v) is 3.01. The molecule has 0 aliphatic carbocycles. The summed E-state index contributed by atoms with van der Waals surface area (Å²) >= 11 is 0. The number of amides is 2. The number of hydroxylamine groups is 2. The average Bonchev–Trinajstić information content (AvgIpc) is 2.98. The molecule has 2 fully saturated rings. The van der Waals surface area contributed by atoms with Crippen LogP contribution < -0.4 is 29.6 Å². The molecule has 0 radical (unpaired) electrons. The van der Waals surface area contributed by atoms with Gasteiger partial charge in [-0.3, -0.25) is 0 Å². The molecule has 0 saturated carbocycles. The van der Waals surface area contributed by atoms with Crippen LogP contribution in [0.4, 0.5) is 4.79 Å². The summed E-state index contributed by atoms with van der Waals surface area (Å²) in [5.41, 5.74) is 0. The van der Waals surface area contributed by atoms with Crippen LogP contribution in [0.15, 0.2) is 4.42 Å². The number of piperidine rings is 1. The molecule has 0 aromatic carbocycles. The first kappa shape index (κ1) is 17.6. The van der Waals surface area contributed by atoms with E-state index in [9.17, 15) is 17.8 Å². The van der Waals surface area contributed by atoms with Crippen molar-refractivity contribution in [3.8, 4) is 0 Å². The second-order valence-corrected chi connectivity index (χ2v) is 5.84. The average molecular weight is 340 g/mol. The Labute approximate surface area is 149 Å². The first-order valence-electron chi connectivity index (χ1n) is 6.46. The van der Waals surface area contributed by atoms with Gasteiger partial charge in [-0.15, -0.1) is 10.2 Å². The third-order valence-corrected chi connectivity index (χ3v) is 3.91. The second kappa shape index (κ2) is 6.42. The summed E-state index contributed by atoms with van der Waals surface area (Å²) in [6.07, 6.45) is 1.59. The third kappa shape index (κ3) is 3.29. The van der Waals surface area contributed by atoms with Gasteiger partial charge in [0.1, 0.15) is 6.04 Å². The number of aryl methyl sites for hydroxylation is 1. The molecule has 2 amide bonds. The second-order valence-electron chi connectivity index (χ2n) is 4.88. The van der Waals surface area contributed by atoms with Crippen molar-refractivity contribution in [2.45, 2.75) is 38.3 Å². The molecule has 3 rings (SSSR count). The third-order valence-electron chi connectivity index (χ3n) is 3.56. The van der Waals surface area contributed by atoms with E-state index >= 15 is 0 Å². The van der Waals surface area contributed by atoms with Gasteiger partial charge in [-0.2, -0.15) is 9.35 Å².